The Morgan fingerprint density at radius 2 is 1.86 bits per heavy atom. The molecular weight excluding hydrogens is 394 g/mol. The van der Waals surface area contributed by atoms with Crippen LogP contribution in [-0.4, -0.2) is 18.0 Å². The van der Waals surface area contributed by atoms with Crippen molar-refractivity contribution >= 4 is 29.2 Å². The summed E-state index contributed by atoms with van der Waals surface area (Å²) < 4.78 is 16.2. The third-order valence-electron chi connectivity index (χ3n) is 4.10. The van der Waals surface area contributed by atoms with Gasteiger partial charge in [-0.2, -0.15) is 0 Å². The Balaban J connectivity index is 1.54. The highest BCUT2D eigenvalue weighted by Crippen LogP contribution is 2.21. The Labute approximate surface area is 173 Å². The van der Waals surface area contributed by atoms with Crippen LogP contribution in [0, 0.1) is 6.92 Å². The minimum atomic E-state index is -1.02. The molecule has 7 heteroatoms. The summed E-state index contributed by atoms with van der Waals surface area (Å²) in [5, 5.41) is 3.20. The Kier molecular flexibility index (Phi) is 6.57. The number of aryl methyl sites for hydroxylation is 1. The molecule has 0 aliphatic carbocycles. The first-order chi connectivity index (χ1) is 13.9. The maximum absolute atomic E-state index is 12.3. The predicted molar refractivity (Wildman–Crippen MR) is 109 cm³/mol. The number of halogens is 1. The number of anilines is 1. The summed E-state index contributed by atoms with van der Waals surface area (Å²) in [6.45, 7) is 3.49. The fourth-order valence-electron chi connectivity index (χ4n) is 2.47. The Morgan fingerprint density at radius 3 is 2.62 bits per heavy atom. The number of para-hydroxylation sites is 1. The van der Waals surface area contributed by atoms with Crippen LogP contribution in [0.2, 0.25) is 5.02 Å². The quantitative estimate of drug-likeness (QED) is 0.551. The van der Waals surface area contributed by atoms with E-state index in [1.165, 1.54) is 13.0 Å². The zero-order valence-electron chi connectivity index (χ0n) is 16.0. The fraction of sp³-hybridized carbons (Fsp3) is 0.182. The van der Waals surface area contributed by atoms with Gasteiger partial charge in [0.15, 0.2) is 6.10 Å². The van der Waals surface area contributed by atoms with Crippen molar-refractivity contribution < 1.29 is 23.5 Å². The van der Waals surface area contributed by atoms with Crippen molar-refractivity contribution in [2.24, 2.45) is 0 Å². The third-order valence-corrected chi connectivity index (χ3v) is 4.33. The molecule has 6 nitrogen and oxygen atoms in total. The monoisotopic (exact) mass is 413 g/mol. The van der Waals surface area contributed by atoms with Gasteiger partial charge >= 0.3 is 5.97 Å². The maximum Gasteiger partial charge on any atom is 0.375 e. The first kappa shape index (κ1) is 20.5. The lowest BCUT2D eigenvalue weighted by molar-refractivity contribution is -0.123. The summed E-state index contributed by atoms with van der Waals surface area (Å²) in [6.07, 6.45) is -1.02. The second-order valence-corrected chi connectivity index (χ2v) is 6.80. The number of nitrogens with one attached hydrogen (secondary N) is 1. The van der Waals surface area contributed by atoms with Crippen LogP contribution in [0.25, 0.3) is 0 Å². The Morgan fingerprint density at radius 1 is 1.10 bits per heavy atom. The van der Waals surface area contributed by atoms with Crippen molar-refractivity contribution in [1.82, 2.24) is 0 Å². The van der Waals surface area contributed by atoms with E-state index in [4.69, 9.17) is 25.5 Å². The molecule has 3 rings (SSSR count). The van der Waals surface area contributed by atoms with Crippen LogP contribution in [0.3, 0.4) is 0 Å². The minimum Gasteiger partial charge on any atom is -0.486 e. The molecular formula is C22H20ClNO5. The summed E-state index contributed by atoms with van der Waals surface area (Å²) in [7, 11) is 0. The van der Waals surface area contributed by atoms with Gasteiger partial charge in [0.1, 0.15) is 18.1 Å². The number of carbonyl (C=O) groups is 2. The molecule has 0 saturated carbocycles. The van der Waals surface area contributed by atoms with Gasteiger partial charge in [0, 0.05) is 10.7 Å². The first-order valence-corrected chi connectivity index (χ1v) is 9.35. The largest absolute Gasteiger partial charge is 0.486 e. The van der Waals surface area contributed by atoms with E-state index in [0.29, 0.717) is 22.2 Å². The maximum atomic E-state index is 12.3. The summed E-state index contributed by atoms with van der Waals surface area (Å²) in [5.74, 6) is -0.0540. The molecule has 1 amide bonds. The van der Waals surface area contributed by atoms with Gasteiger partial charge in [-0.1, -0.05) is 35.9 Å². The van der Waals surface area contributed by atoms with Crippen LogP contribution in [0.1, 0.15) is 28.8 Å². The van der Waals surface area contributed by atoms with Crippen LogP contribution in [0.15, 0.2) is 65.1 Å². The fourth-order valence-corrected chi connectivity index (χ4v) is 2.64. The van der Waals surface area contributed by atoms with E-state index in [0.717, 1.165) is 5.56 Å². The topological polar surface area (TPSA) is 77.8 Å². The van der Waals surface area contributed by atoms with Crippen molar-refractivity contribution in [2.45, 2.75) is 26.6 Å². The number of rotatable bonds is 7. The van der Waals surface area contributed by atoms with E-state index in [1.807, 2.05) is 37.3 Å². The summed E-state index contributed by atoms with van der Waals surface area (Å²) in [6, 6.07) is 17.5. The zero-order valence-corrected chi connectivity index (χ0v) is 16.7. The second-order valence-electron chi connectivity index (χ2n) is 6.36. The van der Waals surface area contributed by atoms with Gasteiger partial charge in [-0.05, 0) is 55.8 Å². The van der Waals surface area contributed by atoms with Crippen LogP contribution in [-0.2, 0) is 16.1 Å². The molecule has 1 aromatic heterocycles. The number of hydrogen-bond donors (Lipinski definition) is 1. The smallest absolute Gasteiger partial charge is 0.375 e. The highest BCUT2D eigenvalue weighted by atomic mass is 35.5. The van der Waals surface area contributed by atoms with E-state index < -0.39 is 18.0 Å². The standard InChI is InChI=1S/C22H20ClNO5/c1-14-8-9-16(23)12-19(14)24-21(25)15(2)28-22(26)20-11-10-18(29-20)13-27-17-6-4-3-5-7-17/h3-12,15H,13H2,1-2H3,(H,24,25)/t15-/m0/s1. The normalized spacial score (nSPS) is 11.6. The summed E-state index contributed by atoms with van der Waals surface area (Å²) in [5.41, 5.74) is 1.40. The van der Waals surface area contributed by atoms with Crippen LogP contribution in [0.4, 0.5) is 5.69 Å². The molecule has 29 heavy (non-hydrogen) atoms. The van der Waals surface area contributed by atoms with Gasteiger partial charge in [0.25, 0.3) is 5.91 Å². The highest BCUT2D eigenvalue weighted by molar-refractivity contribution is 6.31. The van der Waals surface area contributed by atoms with Crippen molar-refractivity contribution in [1.29, 1.82) is 0 Å². The molecule has 2 aromatic carbocycles. The molecule has 3 aromatic rings. The number of amides is 1. The molecule has 0 aliphatic rings. The molecule has 0 radical (unpaired) electrons. The lowest BCUT2D eigenvalue weighted by atomic mass is 10.2. The van der Waals surface area contributed by atoms with E-state index in [1.54, 1.807) is 24.3 Å². The molecule has 0 spiro atoms. The molecule has 0 saturated heterocycles. The van der Waals surface area contributed by atoms with Gasteiger partial charge in [0.2, 0.25) is 5.76 Å². The average molecular weight is 414 g/mol. The van der Waals surface area contributed by atoms with Crippen LogP contribution >= 0.6 is 11.6 Å². The SMILES string of the molecule is Cc1ccc(Cl)cc1NC(=O)[C@H](C)OC(=O)c1ccc(COc2ccccc2)o1. The van der Waals surface area contributed by atoms with Gasteiger partial charge in [-0.15, -0.1) is 0 Å². The molecule has 0 bridgehead atoms. The lowest BCUT2D eigenvalue weighted by Crippen LogP contribution is -2.30. The summed E-state index contributed by atoms with van der Waals surface area (Å²) >= 11 is 5.95. The van der Waals surface area contributed by atoms with Crippen LogP contribution < -0.4 is 10.1 Å². The molecule has 1 atom stereocenters. The van der Waals surface area contributed by atoms with E-state index >= 15 is 0 Å². The Bertz CT molecular complexity index is 999. The van der Waals surface area contributed by atoms with E-state index in [-0.39, 0.29) is 12.4 Å². The van der Waals surface area contributed by atoms with E-state index in [9.17, 15) is 9.59 Å². The van der Waals surface area contributed by atoms with E-state index in [2.05, 4.69) is 5.32 Å². The number of benzene rings is 2. The van der Waals surface area contributed by atoms with Gasteiger partial charge in [-0.25, -0.2) is 4.79 Å². The Hall–Kier alpha value is -3.25. The molecule has 0 unspecified atom stereocenters. The molecule has 0 aliphatic heterocycles. The number of hydrogen-bond acceptors (Lipinski definition) is 5. The average Bonchev–Trinajstić information content (AvgIpc) is 3.19. The van der Waals surface area contributed by atoms with Gasteiger partial charge < -0.3 is 19.2 Å². The predicted octanol–water partition coefficient (Wildman–Crippen LogP) is 5.00. The number of esters is 1. The number of carbonyl (C=O) groups excluding carboxylic acids is 2. The minimum absolute atomic E-state index is 0.00440. The molecule has 1 heterocycles. The van der Waals surface area contributed by atoms with Crippen molar-refractivity contribution in [3.8, 4) is 5.75 Å². The first-order valence-electron chi connectivity index (χ1n) is 8.97. The third kappa shape index (κ3) is 5.62. The molecule has 150 valence electrons. The lowest BCUT2D eigenvalue weighted by Gasteiger charge is -2.14. The number of furan rings is 1. The van der Waals surface area contributed by atoms with Gasteiger partial charge in [-0.3, -0.25) is 4.79 Å². The highest BCUT2D eigenvalue weighted by Gasteiger charge is 2.22. The van der Waals surface area contributed by atoms with Crippen molar-refractivity contribution in [3.05, 3.63) is 82.8 Å². The van der Waals surface area contributed by atoms with Gasteiger partial charge in [0.05, 0.1) is 0 Å². The molecule has 1 N–H and O–H groups in total. The summed E-state index contributed by atoms with van der Waals surface area (Å²) in [4.78, 5) is 24.6. The van der Waals surface area contributed by atoms with Crippen molar-refractivity contribution in [3.63, 3.8) is 0 Å². The van der Waals surface area contributed by atoms with Crippen LogP contribution in [0.5, 0.6) is 5.75 Å². The second kappa shape index (κ2) is 9.30. The molecule has 0 fully saturated rings. The van der Waals surface area contributed by atoms with Crippen molar-refractivity contribution in [2.75, 3.05) is 5.32 Å². The zero-order chi connectivity index (χ0) is 20.8. The number of ether oxygens (including phenoxy) is 2.